The van der Waals surface area contributed by atoms with Gasteiger partial charge >= 0.3 is 0 Å². The van der Waals surface area contributed by atoms with E-state index in [0.717, 1.165) is 67.2 Å². The molecule has 1 heterocycles. The predicted molar refractivity (Wildman–Crippen MR) is 172 cm³/mol. The van der Waals surface area contributed by atoms with Gasteiger partial charge in [0.2, 0.25) is 5.91 Å². The van der Waals surface area contributed by atoms with Gasteiger partial charge in [-0.3, -0.25) is 4.79 Å². The molecule has 6 unspecified atom stereocenters. The molecule has 2 aromatic carbocycles. The van der Waals surface area contributed by atoms with Crippen molar-refractivity contribution in [3.63, 3.8) is 0 Å². The SMILES string of the molecule is CCCc1cc(Cl)ccc1C1COc2ccc(C(C)O)cc2N(CC2CCC2C(/C=C/CC(C)N(C)C(C)=O)OC)C1. The Bertz CT molecular complexity index is 1230. The van der Waals surface area contributed by atoms with Crippen molar-refractivity contribution in [2.45, 2.75) is 84.0 Å². The van der Waals surface area contributed by atoms with Gasteiger partial charge < -0.3 is 24.4 Å². The van der Waals surface area contributed by atoms with Gasteiger partial charge in [-0.25, -0.2) is 0 Å². The third kappa shape index (κ3) is 7.69. The number of amides is 1. The quantitative estimate of drug-likeness (QED) is 0.263. The summed E-state index contributed by atoms with van der Waals surface area (Å²) in [5.41, 5.74) is 4.55. The third-order valence-corrected chi connectivity index (χ3v) is 9.57. The number of anilines is 1. The Labute approximate surface area is 257 Å². The van der Waals surface area contributed by atoms with Crippen LogP contribution in [0.3, 0.4) is 0 Å². The molecule has 1 aliphatic heterocycles. The zero-order chi connectivity index (χ0) is 30.4. The van der Waals surface area contributed by atoms with Gasteiger partial charge in [0.05, 0.1) is 24.5 Å². The number of aryl methyl sites for hydroxylation is 1. The Morgan fingerprint density at radius 1 is 1.24 bits per heavy atom. The first-order valence-electron chi connectivity index (χ1n) is 15.5. The molecule has 1 aliphatic carbocycles. The van der Waals surface area contributed by atoms with Crippen molar-refractivity contribution in [1.82, 2.24) is 4.90 Å². The second-order valence-corrected chi connectivity index (χ2v) is 12.7. The number of carbonyl (C=O) groups excluding carboxylic acids is 1. The first kappa shape index (κ1) is 32.4. The summed E-state index contributed by atoms with van der Waals surface area (Å²) in [6.45, 7) is 10.0. The van der Waals surface area contributed by atoms with Crippen LogP contribution in [0, 0.1) is 11.8 Å². The van der Waals surface area contributed by atoms with Gasteiger partial charge in [0.1, 0.15) is 5.75 Å². The smallest absolute Gasteiger partial charge is 0.219 e. The van der Waals surface area contributed by atoms with Crippen molar-refractivity contribution < 1.29 is 19.4 Å². The maximum absolute atomic E-state index is 11.7. The summed E-state index contributed by atoms with van der Waals surface area (Å²) in [5.74, 6) is 2.04. The van der Waals surface area contributed by atoms with Gasteiger partial charge in [0, 0.05) is 51.2 Å². The van der Waals surface area contributed by atoms with E-state index in [1.807, 2.05) is 32.2 Å². The molecule has 0 spiro atoms. The number of methoxy groups -OCH3 is 1. The lowest BCUT2D eigenvalue weighted by atomic mass is 9.70. The molecule has 2 aliphatic rings. The fourth-order valence-electron chi connectivity index (χ4n) is 6.40. The van der Waals surface area contributed by atoms with Crippen LogP contribution < -0.4 is 9.64 Å². The molecule has 7 heteroatoms. The lowest BCUT2D eigenvalue weighted by molar-refractivity contribution is -0.129. The number of aliphatic hydroxyl groups excluding tert-OH is 1. The Morgan fingerprint density at radius 2 is 2.02 bits per heavy atom. The van der Waals surface area contributed by atoms with Crippen LogP contribution >= 0.6 is 11.6 Å². The summed E-state index contributed by atoms with van der Waals surface area (Å²) in [4.78, 5) is 16.0. The fraction of sp³-hybridized carbons (Fsp3) is 0.571. The van der Waals surface area contributed by atoms with Gasteiger partial charge in [-0.1, -0.05) is 49.2 Å². The maximum Gasteiger partial charge on any atom is 0.219 e. The molecule has 2 aromatic rings. The molecule has 6 nitrogen and oxygen atoms in total. The normalized spacial score (nSPS) is 22.5. The van der Waals surface area contributed by atoms with Crippen LogP contribution in [0.5, 0.6) is 5.75 Å². The zero-order valence-corrected chi connectivity index (χ0v) is 26.9. The Balaban J connectivity index is 1.57. The number of nitrogens with zero attached hydrogens (tertiary/aromatic N) is 2. The van der Waals surface area contributed by atoms with E-state index in [0.29, 0.717) is 18.4 Å². The third-order valence-electron chi connectivity index (χ3n) is 9.34. The first-order chi connectivity index (χ1) is 20.1. The van der Waals surface area contributed by atoms with E-state index in [1.54, 1.807) is 18.9 Å². The number of aliphatic hydroxyl groups is 1. The number of fused-ring (bicyclic) bond motifs is 1. The largest absolute Gasteiger partial charge is 0.491 e. The van der Waals surface area contributed by atoms with Gasteiger partial charge in [-0.05, 0) is 92.3 Å². The van der Waals surface area contributed by atoms with E-state index in [9.17, 15) is 9.90 Å². The summed E-state index contributed by atoms with van der Waals surface area (Å²) in [6, 6.07) is 12.5. The maximum atomic E-state index is 11.7. The van der Waals surface area contributed by atoms with Crippen LogP contribution in [-0.2, 0) is 16.0 Å². The monoisotopic (exact) mass is 596 g/mol. The molecule has 1 saturated carbocycles. The number of hydrogen-bond donors (Lipinski definition) is 1. The summed E-state index contributed by atoms with van der Waals surface area (Å²) in [7, 11) is 3.65. The molecular weight excluding hydrogens is 548 g/mol. The second kappa shape index (κ2) is 14.8. The molecule has 0 bridgehead atoms. The van der Waals surface area contributed by atoms with E-state index >= 15 is 0 Å². The number of ether oxygens (including phenoxy) is 2. The number of carbonyl (C=O) groups is 1. The molecule has 1 fully saturated rings. The highest BCUT2D eigenvalue weighted by atomic mass is 35.5. The van der Waals surface area contributed by atoms with E-state index < -0.39 is 6.10 Å². The molecule has 0 aromatic heterocycles. The summed E-state index contributed by atoms with van der Waals surface area (Å²) in [6.07, 6.45) is 8.97. The fourth-order valence-corrected chi connectivity index (χ4v) is 6.60. The molecule has 4 rings (SSSR count). The Morgan fingerprint density at radius 3 is 2.67 bits per heavy atom. The van der Waals surface area contributed by atoms with Crippen molar-refractivity contribution in [3.05, 3.63) is 70.3 Å². The highest BCUT2D eigenvalue weighted by Gasteiger charge is 2.38. The van der Waals surface area contributed by atoms with Gasteiger partial charge in [0.15, 0.2) is 0 Å². The molecule has 230 valence electrons. The van der Waals surface area contributed by atoms with Crippen molar-refractivity contribution in [3.8, 4) is 5.75 Å². The van der Waals surface area contributed by atoms with E-state index in [4.69, 9.17) is 21.1 Å². The lowest BCUT2D eigenvalue weighted by Gasteiger charge is -2.43. The molecule has 6 atom stereocenters. The Hall–Kier alpha value is -2.54. The number of benzene rings is 2. The highest BCUT2D eigenvalue weighted by molar-refractivity contribution is 6.30. The molecule has 42 heavy (non-hydrogen) atoms. The summed E-state index contributed by atoms with van der Waals surface area (Å²) in [5, 5.41) is 11.2. The minimum absolute atomic E-state index is 0.0355. The van der Waals surface area contributed by atoms with Gasteiger partial charge in [0.25, 0.3) is 0 Å². The highest BCUT2D eigenvalue weighted by Crippen LogP contribution is 2.43. The number of halogens is 1. The minimum Gasteiger partial charge on any atom is -0.491 e. The second-order valence-electron chi connectivity index (χ2n) is 12.3. The van der Waals surface area contributed by atoms with E-state index in [1.165, 1.54) is 11.1 Å². The molecular formula is C35H49ClN2O4. The number of rotatable bonds is 12. The van der Waals surface area contributed by atoms with Crippen molar-refractivity contribution >= 4 is 23.2 Å². The van der Waals surface area contributed by atoms with E-state index in [2.05, 4.69) is 49.1 Å². The van der Waals surface area contributed by atoms with Gasteiger partial charge in [-0.15, -0.1) is 0 Å². The standard InChI is InChI=1S/C35H49ClN2O4/c1-7-9-27-18-30(36)14-16-31(27)29-21-38(33-19-26(24(3)39)13-17-35(33)42-22-29)20-28-12-15-32(28)34(41-6)11-8-10-23(2)37(5)25(4)40/h8,11,13-14,16-19,23-24,28-29,32,34,39H,7,9-10,12,15,20-22H2,1-6H3/b11-8+. The molecule has 1 N–H and O–H groups in total. The van der Waals surface area contributed by atoms with E-state index in [-0.39, 0.29) is 24.0 Å². The van der Waals surface area contributed by atoms with Crippen LogP contribution in [0.1, 0.15) is 82.1 Å². The van der Waals surface area contributed by atoms with Crippen LogP contribution in [0.2, 0.25) is 5.02 Å². The van der Waals surface area contributed by atoms with Crippen LogP contribution in [-0.4, -0.2) is 61.9 Å². The number of hydrogen-bond acceptors (Lipinski definition) is 5. The molecule has 0 saturated heterocycles. The summed E-state index contributed by atoms with van der Waals surface area (Å²) < 4.78 is 12.5. The first-order valence-corrected chi connectivity index (χ1v) is 15.9. The topological polar surface area (TPSA) is 62.2 Å². The average Bonchev–Trinajstić information content (AvgIpc) is 3.13. The van der Waals surface area contributed by atoms with Crippen molar-refractivity contribution in [1.29, 1.82) is 0 Å². The van der Waals surface area contributed by atoms with Crippen molar-refractivity contribution in [2.24, 2.45) is 11.8 Å². The van der Waals surface area contributed by atoms with Crippen LogP contribution in [0.4, 0.5) is 5.69 Å². The zero-order valence-electron chi connectivity index (χ0n) is 26.2. The molecule has 0 radical (unpaired) electrons. The lowest BCUT2D eigenvalue weighted by Crippen LogP contribution is -2.44. The molecule has 1 amide bonds. The van der Waals surface area contributed by atoms with Crippen LogP contribution in [0.15, 0.2) is 48.6 Å². The summed E-state index contributed by atoms with van der Waals surface area (Å²) >= 11 is 6.41. The van der Waals surface area contributed by atoms with Crippen LogP contribution in [0.25, 0.3) is 0 Å². The minimum atomic E-state index is -0.549. The Kier molecular flexibility index (Phi) is 11.4. The average molecular weight is 597 g/mol. The van der Waals surface area contributed by atoms with Crippen molar-refractivity contribution in [2.75, 3.05) is 38.8 Å². The predicted octanol–water partition coefficient (Wildman–Crippen LogP) is 7.18. The van der Waals surface area contributed by atoms with Gasteiger partial charge in [-0.2, -0.15) is 0 Å².